The van der Waals surface area contributed by atoms with Gasteiger partial charge in [-0.05, 0) is 30.7 Å². The molecule has 0 amide bonds. The molecule has 0 saturated carbocycles. The smallest absolute Gasteiger partial charge is 0.119 e. The quantitative estimate of drug-likeness (QED) is 0.714. The zero-order valence-corrected chi connectivity index (χ0v) is 12.3. The maximum absolute atomic E-state index is 5.30. The number of rotatable bonds is 4. The van der Waals surface area contributed by atoms with E-state index in [1.807, 2.05) is 49.5 Å². The van der Waals surface area contributed by atoms with Crippen LogP contribution in [0.15, 0.2) is 59.7 Å². The van der Waals surface area contributed by atoms with Crippen LogP contribution in [0.2, 0.25) is 0 Å². The number of aromatic nitrogens is 1. The van der Waals surface area contributed by atoms with E-state index in [0.29, 0.717) is 6.54 Å². The molecule has 0 bridgehead atoms. The molecule has 1 heterocycles. The Kier molecular flexibility index (Phi) is 3.73. The van der Waals surface area contributed by atoms with Gasteiger partial charge in [0.1, 0.15) is 5.75 Å². The second kappa shape index (κ2) is 5.83. The third-order valence-electron chi connectivity index (χ3n) is 3.62. The highest BCUT2D eigenvalue weighted by Crippen LogP contribution is 2.24. The highest BCUT2D eigenvalue weighted by molar-refractivity contribution is 6.09. The van der Waals surface area contributed by atoms with Gasteiger partial charge in [0.25, 0.3) is 0 Å². The van der Waals surface area contributed by atoms with Crippen LogP contribution in [0.25, 0.3) is 10.9 Å². The Hall–Kier alpha value is -2.55. The molecule has 3 aromatic rings. The van der Waals surface area contributed by atoms with Gasteiger partial charge in [-0.25, -0.2) is 0 Å². The maximum atomic E-state index is 5.30. The van der Waals surface area contributed by atoms with Gasteiger partial charge in [0, 0.05) is 28.4 Å². The average Bonchev–Trinajstić information content (AvgIpc) is 2.96. The highest BCUT2D eigenvalue weighted by Gasteiger charge is 2.07. The Balaban J connectivity index is 1.92. The Bertz CT molecular complexity index is 772. The van der Waals surface area contributed by atoms with Crippen molar-refractivity contribution in [2.24, 2.45) is 4.99 Å². The summed E-state index contributed by atoms with van der Waals surface area (Å²) in [4.78, 5) is 7.98. The van der Waals surface area contributed by atoms with Gasteiger partial charge in [0.15, 0.2) is 0 Å². The predicted molar refractivity (Wildman–Crippen MR) is 87.2 cm³/mol. The summed E-state index contributed by atoms with van der Waals surface area (Å²) in [7, 11) is 1.68. The van der Waals surface area contributed by atoms with Gasteiger partial charge in [0.2, 0.25) is 0 Å². The summed E-state index contributed by atoms with van der Waals surface area (Å²) < 4.78 is 5.30. The molecule has 1 aromatic heterocycles. The van der Waals surface area contributed by atoms with Crippen LogP contribution in [0.5, 0.6) is 5.75 Å². The Morgan fingerprint density at radius 2 is 1.95 bits per heavy atom. The molecule has 0 aliphatic carbocycles. The van der Waals surface area contributed by atoms with Crippen molar-refractivity contribution in [2.45, 2.75) is 13.5 Å². The molecule has 0 spiro atoms. The first-order valence-corrected chi connectivity index (χ1v) is 6.98. The third kappa shape index (κ3) is 2.82. The summed E-state index contributed by atoms with van der Waals surface area (Å²) in [6.07, 6.45) is 2.01. The van der Waals surface area contributed by atoms with Gasteiger partial charge in [-0.2, -0.15) is 0 Å². The van der Waals surface area contributed by atoms with Crippen LogP contribution in [0.3, 0.4) is 0 Å². The number of ether oxygens (including phenoxy) is 1. The monoisotopic (exact) mass is 278 g/mol. The molecular weight excluding hydrogens is 260 g/mol. The number of aliphatic imine (C=N–C) groups is 1. The molecule has 3 heteroatoms. The first-order chi connectivity index (χ1) is 10.3. The summed E-state index contributed by atoms with van der Waals surface area (Å²) >= 11 is 0. The first kappa shape index (κ1) is 13.4. The normalized spacial score (nSPS) is 11.8. The van der Waals surface area contributed by atoms with Crippen LogP contribution in [-0.2, 0) is 6.54 Å². The Labute approximate surface area is 124 Å². The number of hydrogen-bond donors (Lipinski definition) is 1. The topological polar surface area (TPSA) is 37.4 Å². The second-order valence-electron chi connectivity index (χ2n) is 5.00. The molecule has 0 radical (unpaired) electrons. The van der Waals surface area contributed by atoms with Gasteiger partial charge >= 0.3 is 0 Å². The fourth-order valence-electron chi connectivity index (χ4n) is 2.40. The summed E-state index contributed by atoms with van der Waals surface area (Å²) in [5.41, 5.74) is 4.47. The minimum atomic E-state index is 0.698. The van der Waals surface area contributed by atoms with Gasteiger partial charge in [-0.15, -0.1) is 0 Å². The second-order valence-corrected chi connectivity index (χ2v) is 5.00. The molecule has 0 atom stereocenters. The number of benzene rings is 2. The number of nitrogens with one attached hydrogen (secondary N) is 1. The van der Waals surface area contributed by atoms with Crippen LogP contribution >= 0.6 is 0 Å². The summed E-state index contributed by atoms with van der Waals surface area (Å²) in [5, 5.41) is 1.14. The largest absolute Gasteiger partial charge is 0.497 e. The van der Waals surface area contributed by atoms with Crippen LogP contribution in [-0.4, -0.2) is 17.8 Å². The van der Waals surface area contributed by atoms with Gasteiger partial charge < -0.3 is 9.72 Å². The average molecular weight is 278 g/mol. The molecule has 106 valence electrons. The predicted octanol–water partition coefficient (Wildman–Crippen LogP) is 4.19. The summed E-state index contributed by atoms with van der Waals surface area (Å²) in [6.45, 7) is 2.74. The van der Waals surface area contributed by atoms with Crippen molar-refractivity contribution in [3.8, 4) is 5.75 Å². The van der Waals surface area contributed by atoms with Crippen molar-refractivity contribution >= 4 is 16.6 Å². The van der Waals surface area contributed by atoms with Crippen molar-refractivity contribution in [1.29, 1.82) is 0 Å². The van der Waals surface area contributed by atoms with E-state index in [2.05, 4.69) is 17.1 Å². The lowest BCUT2D eigenvalue weighted by atomic mass is 10.1. The van der Waals surface area contributed by atoms with E-state index in [1.165, 1.54) is 5.56 Å². The van der Waals surface area contributed by atoms with Crippen molar-refractivity contribution < 1.29 is 4.74 Å². The standard InChI is InChI=1S/C18H18N2O/c1-13(19-11-14-6-4-3-5-7-14)17-12-20-18-9-8-15(21-2)10-16(17)18/h3-10,12,20H,11H2,1-2H3. The number of fused-ring (bicyclic) bond motifs is 1. The van der Waals surface area contributed by atoms with Gasteiger partial charge in [0.05, 0.1) is 13.7 Å². The zero-order chi connectivity index (χ0) is 14.7. The molecule has 1 N–H and O–H groups in total. The summed E-state index contributed by atoms with van der Waals surface area (Å²) in [5.74, 6) is 0.860. The Morgan fingerprint density at radius 3 is 2.71 bits per heavy atom. The van der Waals surface area contributed by atoms with Crippen LogP contribution in [0.1, 0.15) is 18.1 Å². The SMILES string of the molecule is COc1ccc2[nH]cc(C(C)=NCc3ccccc3)c2c1. The molecule has 3 rings (SSSR count). The zero-order valence-electron chi connectivity index (χ0n) is 12.3. The fourth-order valence-corrected chi connectivity index (χ4v) is 2.40. The van der Waals surface area contributed by atoms with Crippen molar-refractivity contribution in [1.82, 2.24) is 4.98 Å². The van der Waals surface area contributed by atoms with E-state index in [1.54, 1.807) is 7.11 Å². The molecule has 0 fully saturated rings. The van der Waals surface area contributed by atoms with Crippen LogP contribution < -0.4 is 4.74 Å². The number of hydrogen-bond acceptors (Lipinski definition) is 2. The maximum Gasteiger partial charge on any atom is 0.119 e. The number of nitrogens with zero attached hydrogens (tertiary/aromatic N) is 1. The molecule has 0 saturated heterocycles. The van der Waals surface area contributed by atoms with E-state index in [-0.39, 0.29) is 0 Å². The lowest BCUT2D eigenvalue weighted by molar-refractivity contribution is 0.415. The van der Waals surface area contributed by atoms with Gasteiger partial charge in [-0.1, -0.05) is 30.3 Å². The van der Waals surface area contributed by atoms with Crippen LogP contribution in [0, 0.1) is 0 Å². The molecule has 3 nitrogen and oxygen atoms in total. The number of aromatic amines is 1. The summed E-state index contributed by atoms with van der Waals surface area (Å²) in [6, 6.07) is 16.3. The van der Waals surface area contributed by atoms with E-state index >= 15 is 0 Å². The lowest BCUT2D eigenvalue weighted by Gasteiger charge is -2.02. The molecule has 21 heavy (non-hydrogen) atoms. The van der Waals surface area contributed by atoms with Gasteiger partial charge in [-0.3, -0.25) is 4.99 Å². The highest BCUT2D eigenvalue weighted by atomic mass is 16.5. The fraction of sp³-hybridized carbons (Fsp3) is 0.167. The van der Waals surface area contributed by atoms with Crippen molar-refractivity contribution in [3.63, 3.8) is 0 Å². The lowest BCUT2D eigenvalue weighted by Crippen LogP contribution is -1.95. The Morgan fingerprint density at radius 1 is 1.14 bits per heavy atom. The third-order valence-corrected chi connectivity index (χ3v) is 3.62. The van der Waals surface area contributed by atoms with E-state index in [9.17, 15) is 0 Å². The molecular formula is C18H18N2O. The van der Waals surface area contributed by atoms with E-state index in [0.717, 1.165) is 27.9 Å². The first-order valence-electron chi connectivity index (χ1n) is 6.98. The molecule has 0 aliphatic rings. The molecule has 0 unspecified atom stereocenters. The van der Waals surface area contributed by atoms with E-state index in [4.69, 9.17) is 9.73 Å². The molecule has 0 aliphatic heterocycles. The number of H-pyrrole nitrogens is 1. The minimum Gasteiger partial charge on any atom is -0.497 e. The number of methoxy groups -OCH3 is 1. The minimum absolute atomic E-state index is 0.698. The van der Waals surface area contributed by atoms with E-state index < -0.39 is 0 Å². The van der Waals surface area contributed by atoms with Crippen LogP contribution in [0.4, 0.5) is 0 Å². The van der Waals surface area contributed by atoms with Crippen molar-refractivity contribution in [2.75, 3.05) is 7.11 Å². The molecule has 2 aromatic carbocycles. The van der Waals surface area contributed by atoms with Crippen molar-refractivity contribution in [3.05, 3.63) is 65.9 Å².